The first-order valence-electron chi connectivity index (χ1n) is 13.3. The van der Waals surface area contributed by atoms with E-state index in [9.17, 15) is 4.79 Å². The highest BCUT2D eigenvalue weighted by molar-refractivity contribution is 5.95. The Morgan fingerprint density at radius 1 is 1.03 bits per heavy atom. The minimum absolute atomic E-state index is 0.172. The molecule has 194 valence electrons. The summed E-state index contributed by atoms with van der Waals surface area (Å²) in [5.41, 5.74) is 7.74. The Morgan fingerprint density at radius 3 is 2.38 bits per heavy atom. The molecule has 4 aromatic rings. The number of nitrogens with zero attached hydrogens (tertiary/aromatic N) is 3. The lowest BCUT2D eigenvalue weighted by Crippen LogP contribution is -2.46. The first kappa shape index (κ1) is 25.2. The number of piperidine rings is 1. The molecule has 1 fully saturated rings. The van der Waals surface area contributed by atoms with Gasteiger partial charge in [-0.3, -0.25) is 9.78 Å². The maximum absolute atomic E-state index is 12.9. The number of likely N-dealkylation sites (tertiary alicyclic amines) is 1. The van der Waals surface area contributed by atoms with Crippen molar-refractivity contribution in [3.63, 3.8) is 0 Å². The quantitative estimate of drug-likeness (QED) is 0.328. The van der Waals surface area contributed by atoms with Crippen LogP contribution < -0.4 is 5.32 Å². The molecule has 1 saturated heterocycles. The molecule has 0 atom stereocenters. The van der Waals surface area contributed by atoms with Crippen molar-refractivity contribution in [3.8, 4) is 22.7 Å². The summed E-state index contributed by atoms with van der Waals surface area (Å²) in [5.74, 6) is 0.588. The van der Waals surface area contributed by atoms with Gasteiger partial charge in [0.05, 0.1) is 5.69 Å². The number of benzene rings is 1. The average Bonchev–Trinajstić information content (AvgIpc) is 3.49. The summed E-state index contributed by atoms with van der Waals surface area (Å²) >= 11 is 0. The van der Waals surface area contributed by atoms with Crippen molar-refractivity contribution in [1.82, 2.24) is 25.2 Å². The highest BCUT2D eigenvalue weighted by Crippen LogP contribution is 2.37. The molecule has 0 radical (unpaired) electrons. The predicted molar refractivity (Wildman–Crippen MR) is 148 cm³/mol. The molecule has 2 N–H and O–H groups in total. The van der Waals surface area contributed by atoms with Crippen molar-refractivity contribution < 1.29 is 9.21 Å². The molecular formula is C30H37N5O2. The maximum Gasteiger partial charge on any atom is 0.273 e. The SMILES string of the molecule is Cc1cc(-c2[nH]c3ccc(-c4nc(C(=O)NC5CCN(C(C)C)CC5)co4)cc3c2C(C)C)cc(C)n1. The number of carbonyl (C=O) groups is 1. The highest BCUT2D eigenvalue weighted by atomic mass is 16.3. The fraction of sp³-hybridized carbons (Fsp3) is 0.433. The highest BCUT2D eigenvalue weighted by Gasteiger charge is 2.24. The predicted octanol–water partition coefficient (Wildman–Crippen LogP) is 6.23. The van der Waals surface area contributed by atoms with Gasteiger partial charge in [0.2, 0.25) is 5.89 Å². The summed E-state index contributed by atoms with van der Waals surface area (Å²) in [7, 11) is 0. The van der Waals surface area contributed by atoms with Gasteiger partial charge in [-0.15, -0.1) is 0 Å². The second kappa shape index (κ2) is 10.1. The van der Waals surface area contributed by atoms with Crippen LogP contribution in [-0.2, 0) is 0 Å². The van der Waals surface area contributed by atoms with Crippen LogP contribution in [0.15, 0.2) is 41.0 Å². The molecule has 0 saturated carbocycles. The lowest BCUT2D eigenvalue weighted by molar-refractivity contribution is 0.0895. The van der Waals surface area contributed by atoms with Crippen LogP contribution in [0.25, 0.3) is 33.6 Å². The summed E-state index contributed by atoms with van der Waals surface area (Å²) in [6.45, 7) is 14.9. The number of H-pyrrole nitrogens is 1. The van der Waals surface area contributed by atoms with Crippen LogP contribution in [0.4, 0.5) is 0 Å². The number of aromatic nitrogens is 3. The second-order valence-corrected chi connectivity index (χ2v) is 10.9. The Kier molecular flexibility index (Phi) is 6.90. The Labute approximate surface area is 218 Å². The lowest BCUT2D eigenvalue weighted by atomic mass is 9.95. The molecule has 37 heavy (non-hydrogen) atoms. The molecule has 1 aromatic carbocycles. The largest absolute Gasteiger partial charge is 0.444 e. The summed E-state index contributed by atoms with van der Waals surface area (Å²) in [6.07, 6.45) is 3.37. The number of aryl methyl sites for hydroxylation is 2. The number of fused-ring (bicyclic) bond motifs is 1. The van der Waals surface area contributed by atoms with Gasteiger partial charge in [0.15, 0.2) is 5.69 Å². The van der Waals surface area contributed by atoms with Gasteiger partial charge in [-0.05, 0) is 82.3 Å². The molecule has 7 nitrogen and oxygen atoms in total. The van der Waals surface area contributed by atoms with E-state index < -0.39 is 0 Å². The number of pyridine rings is 1. The normalized spacial score (nSPS) is 15.2. The number of oxazole rings is 1. The van der Waals surface area contributed by atoms with E-state index in [2.05, 4.69) is 77.1 Å². The monoisotopic (exact) mass is 499 g/mol. The molecule has 4 heterocycles. The van der Waals surface area contributed by atoms with Crippen molar-refractivity contribution in [2.24, 2.45) is 0 Å². The number of rotatable bonds is 6. The van der Waals surface area contributed by atoms with E-state index in [1.165, 1.54) is 11.8 Å². The molecule has 1 amide bonds. The van der Waals surface area contributed by atoms with Gasteiger partial charge in [-0.2, -0.15) is 0 Å². The molecule has 0 spiro atoms. The summed E-state index contributed by atoms with van der Waals surface area (Å²) in [5, 5.41) is 4.28. The number of nitrogens with one attached hydrogen (secondary N) is 2. The number of carbonyl (C=O) groups excluding carboxylic acids is 1. The first-order valence-corrected chi connectivity index (χ1v) is 13.3. The maximum atomic E-state index is 12.9. The van der Waals surface area contributed by atoms with Crippen molar-refractivity contribution in [3.05, 3.63) is 59.2 Å². The van der Waals surface area contributed by atoms with Crippen LogP contribution in [0, 0.1) is 13.8 Å². The zero-order valence-electron chi connectivity index (χ0n) is 22.7. The number of amides is 1. The molecule has 0 aliphatic carbocycles. The minimum atomic E-state index is -0.172. The van der Waals surface area contributed by atoms with E-state index in [-0.39, 0.29) is 11.9 Å². The molecule has 1 aliphatic rings. The van der Waals surface area contributed by atoms with E-state index in [4.69, 9.17) is 4.42 Å². The summed E-state index contributed by atoms with van der Waals surface area (Å²) < 4.78 is 5.78. The van der Waals surface area contributed by atoms with Crippen LogP contribution in [0.1, 0.15) is 73.9 Å². The van der Waals surface area contributed by atoms with Crippen molar-refractivity contribution >= 4 is 16.8 Å². The molecule has 0 unspecified atom stereocenters. The molecule has 5 rings (SSSR count). The molecular weight excluding hydrogens is 462 g/mol. The third kappa shape index (κ3) is 5.18. The summed E-state index contributed by atoms with van der Waals surface area (Å²) in [4.78, 5) is 28.0. The fourth-order valence-electron chi connectivity index (χ4n) is 5.48. The van der Waals surface area contributed by atoms with Gasteiger partial charge in [0, 0.05) is 58.6 Å². The second-order valence-electron chi connectivity index (χ2n) is 10.9. The Bertz CT molecular complexity index is 1400. The Morgan fingerprint density at radius 2 is 1.73 bits per heavy atom. The van der Waals surface area contributed by atoms with Crippen molar-refractivity contribution in [2.45, 2.75) is 72.4 Å². The van der Waals surface area contributed by atoms with Crippen LogP contribution in [0.5, 0.6) is 0 Å². The van der Waals surface area contributed by atoms with Gasteiger partial charge in [-0.1, -0.05) is 13.8 Å². The average molecular weight is 500 g/mol. The minimum Gasteiger partial charge on any atom is -0.444 e. The Balaban J connectivity index is 1.40. The molecule has 3 aromatic heterocycles. The van der Waals surface area contributed by atoms with Crippen LogP contribution in [-0.4, -0.2) is 50.9 Å². The Hall–Kier alpha value is -3.45. The van der Waals surface area contributed by atoms with Crippen LogP contribution in [0.3, 0.4) is 0 Å². The number of hydrogen-bond acceptors (Lipinski definition) is 5. The number of hydrogen-bond donors (Lipinski definition) is 2. The van der Waals surface area contributed by atoms with Crippen molar-refractivity contribution in [1.29, 1.82) is 0 Å². The molecule has 1 aliphatic heterocycles. The third-order valence-corrected chi connectivity index (χ3v) is 7.37. The smallest absolute Gasteiger partial charge is 0.273 e. The fourth-order valence-corrected chi connectivity index (χ4v) is 5.48. The van der Waals surface area contributed by atoms with Gasteiger partial charge in [-0.25, -0.2) is 4.98 Å². The van der Waals surface area contributed by atoms with Crippen LogP contribution >= 0.6 is 0 Å². The molecule has 0 bridgehead atoms. The van der Waals surface area contributed by atoms with Gasteiger partial charge in [0.1, 0.15) is 6.26 Å². The van der Waals surface area contributed by atoms with E-state index >= 15 is 0 Å². The number of aromatic amines is 1. The van der Waals surface area contributed by atoms with Crippen LogP contribution in [0.2, 0.25) is 0 Å². The lowest BCUT2D eigenvalue weighted by Gasteiger charge is -2.34. The standard InChI is InChI=1S/C30H37N5O2/c1-17(2)27-24-15-21(7-8-25(24)33-28(27)22-13-19(5)31-20(6)14-22)30-34-26(16-37-30)29(36)32-23-9-11-35(12-10-23)18(3)4/h7-8,13-18,23,33H,9-12H2,1-6H3,(H,32,36). The van der Waals surface area contributed by atoms with Gasteiger partial charge < -0.3 is 19.6 Å². The zero-order valence-corrected chi connectivity index (χ0v) is 22.7. The van der Waals surface area contributed by atoms with E-state index in [0.717, 1.165) is 65.0 Å². The van der Waals surface area contributed by atoms with E-state index in [1.54, 1.807) is 0 Å². The first-order chi connectivity index (χ1) is 17.7. The van der Waals surface area contributed by atoms with E-state index in [1.807, 2.05) is 19.9 Å². The van der Waals surface area contributed by atoms with Gasteiger partial charge >= 0.3 is 0 Å². The van der Waals surface area contributed by atoms with Crippen molar-refractivity contribution in [2.75, 3.05) is 13.1 Å². The van der Waals surface area contributed by atoms with E-state index in [0.29, 0.717) is 23.5 Å². The summed E-state index contributed by atoms with van der Waals surface area (Å²) in [6, 6.07) is 11.1. The zero-order chi connectivity index (χ0) is 26.3. The third-order valence-electron chi connectivity index (χ3n) is 7.37. The topological polar surface area (TPSA) is 87.0 Å². The van der Waals surface area contributed by atoms with Gasteiger partial charge in [0.25, 0.3) is 5.91 Å². The molecule has 7 heteroatoms.